The minimum Gasteiger partial charge on any atom is -0.317 e. The summed E-state index contributed by atoms with van der Waals surface area (Å²) in [6.45, 7) is 3.70. The summed E-state index contributed by atoms with van der Waals surface area (Å²) in [5.74, 6) is -0.262. The average molecular weight is 300 g/mol. The molecular formula is C14H21FN2O2S. The highest BCUT2D eigenvalue weighted by Gasteiger charge is 2.26. The topological polar surface area (TPSA) is 58.2 Å². The fraction of sp³-hybridized carbons (Fsp3) is 0.571. The van der Waals surface area contributed by atoms with Crippen LogP contribution in [0.4, 0.5) is 4.39 Å². The van der Waals surface area contributed by atoms with E-state index in [9.17, 15) is 12.8 Å². The van der Waals surface area contributed by atoms with E-state index in [0.29, 0.717) is 25.8 Å². The Bertz CT molecular complexity index is 554. The molecule has 0 aromatic heterocycles. The normalized spacial score (nSPS) is 17.3. The molecule has 2 rings (SSSR count). The van der Waals surface area contributed by atoms with Crippen molar-refractivity contribution in [1.82, 2.24) is 10.0 Å². The maximum Gasteiger partial charge on any atom is 0.214 e. The molecule has 0 spiro atoms. The first-order valence-corrected chi connectivity index (χ1v) is 8.48. The van der Waals surface area contributed by atoms with Crippen molar-refractivity contribution in [2.24, 2.45) is 0 Å². The van der Waals surface area contributed by atoms with Crippen LogP contribution in [0.15, 0.2) is 18.2 Å². The summed E-state index contributed by atoms with van der Waals surface area (Å²) in [7, 11) is -3.24. The summed E-state index contributed by atoms with van der Waals surface area (Å²) in [6, 6.07) is 4.59. The largest absolute Gasteiger partial charge is 0.317 e. The predicted molar refractivity (Wildman–Crippen MR) is 77.7 cm³/mol. The molecular weight excluding hydrogens is 279 g/mol. The van der Waals surface area contributed by atoms with E-state index in [4.69, 9.17) is 0 Å². The van der Waals surface area contributed by atoms with Crippen molar-refractivity contribution in [3.8, 4) is 0 Å². The molecule has 1 saturated heterocycles. The number of halogens is 1. The second-order valence-electron chi connectivity index (χ2n) is 5.21. The average Bonchev–Trinajstić information content (AvgIpc) is 2.42. The SMILES string of the molecule is Cc1cc(F)ccc1CCNS(=O)(=O)C1CCNCC1. The quantitative estimate of drug-likeness (QED) is 0.863. The Hall–Kier alpha value is -0.980. The number of sulfonamides is 1. The molecule has 6 heteroatoms. The molecule has 0 amide bonds. The van der Waals surface area contributed by atoms with E-state index in [1.54, 1.807) is 6.07 Å². The molecule has 2 N–H and O–H groups in total. The Morgan fingerprint density at radius 2 is 2.05 bits per heavy atom. The van der Waals surface area contributed by atoms with E-state index in [0.717, 1.165) is 24.2 Å². The highest BCUT2D eigenvalue weighted by atomic mass is 32.2. The van der Waals surface area contributed by atoms with Crippen molar-refractivity contribution in [3.05, 3.63) is 35.1 Å². The van der Waals surface area contributed by atoms with Gasteiger partial charge in [-0.1, -0.05) is 6.07 Å². The van der Waals surface area contributed by atoms with Crippen LogP contribution in [0, 0.1) is 12.7 Å². The molecule has 0 bridgehead atoms. The number of benzene rings is 1. The Kier molecular flexibility index (Phi) is 5.12. The van der Waals surface area contributed by atoms with Crippen LogP contribution >= 0.6 is 0 Å². The highest BCUT2D eigenvalue weighted by molar-refractivity contribution is 7.90. The first-order chi connectivity index (χ1) is 9.49. The van der Waals surface area contributed by atoms with Crippen molar-refractivity contribution in [3.63, 3.8) is 0 Å². The lowest BCUT2D eigenvalue weighted by Gasteiger charge is -2.23. The molecule has 112 valence electrons. The monoisotopic (exact) mass is 300 g/mol. The molecule has 1 aromatic carbocycles. The number of aryl methyl sites for hydroxylation is 1. The summed E-state index contributed by atoms with van der Waals surface area (Å²) in [6.07, 6.45) is 1.89. The van der Waals surface area contributed by atoms with Crippen LogP contribution in [-0.2, 0) is 16.4 Å². The van der Waals surface area contributed by atoms with Crippen LogP contribution < -0.4 is 10.0 Å². The minimum atomic E-state index is -3.24. The zero-order chi connectivity index (χ0) is 14.6. The second-order valence-corrected chi connectivity index (χ2v) is 7.25. The zero-order valence-corrected chi connectivity index (χ0v) is 12.5. The third kappa shape index (κ3) is 4.01. The molecule has 0 atom stereocenters. The van der Waals surface area contributed by atoms with Gasteiger partial charge in [-0.15, -0.1) is 0 Å². The van der Waals surface area contributed by atoms with Gasteiger partial charge in [0, 0.05) is 6.54 Å². The van der Waals surface area contributed by atoms with Gasteiger partial charge in [0.25, 0.3) is 0 Å². The fourth-order valence-electron chi connectivity index (χ4n) is 2.49. The van der Waals surface area contributed by atoms with Gasteiger partial charge in [0.1, 0.15) is 5.82 Å². The first-order valence-electron chi connectivity index (χ1n) is 6.93. The molecule has 4 nitrogen and oxygen atoms in total. The van der Waals surface area contributed by atoms with Crippen LogP contribution in [0.3, 0.4) is 0 Å². The van der Waals surface area contributed by atoms with Crippen LogP contribution in [0.25, 0.3) is 0 Å². The predicted octanol–water partition coefficient (Wildman–Crippen LogP) is 1.35. The van der Waals surface area contributed by atoms with Gasteiger partial charge in [-0.05, 0) is 62.5 Å². The van der Waals surface area contributed by atoms with Gasteiger partial charge < -0.3 is 5.32 Å². The Morgan fingerprint density at radius 3 is 2.70 bits per heavy atom. The molecule has 1 aromatic rings. The van der Waals surface area contributed by atoms with Gasteiger partial charge in [0.15, 0.2) is 0 Å². The molecule has 0 unspecified atom stereocenters. The zero-order valence-electron chi connectivity index (χ0n) is 11.7. The van der Waals surface area contributed by atoms with Gasteiger partial charge in [0.2, 0.25) is 10.0 Å². The Morgan fingerprint density at radius 1 is 1.35 bits per heavy atom. The van der Waals surface area contributed by atoms with Gasteiger partial charge in [-0.2, -0.15) is 0 Å². The smallest absolute Gasteiger partial charge is 0.214 e. The number of rotatable bonds is 5. The van der Waals surface area contributed by atoms with E-state index in [-0.39, 0.29) is 11.1 Å². The number of hydrogen-bond acceptors (Lipinski definition) is 3. The lowest BCUT2D eigenvalue weighted by Crippen LogP contribution is -2.42. The molecule has 20 heavy (non-hydrogen) atoms. The van der Waals surface area contributed by atoms with Crippen molar-refractivity contribution in [2.45, 2.75) is 31.4 Å². The second kappa shape index (κ2) is 6.65. The molecule has 1 heterocycles. The number of hydrogen-bond donors (Lipinski definition) is 2. The summed E-state index contributed by atoms with van der Waals surface area (Å²) in [5, 5.41) is 2.86. The van der Waals surface area contributed by atoms with Gasteiger partial charge in [-0.3, -0.25) is 0 Å². The standard InChI is InChI=1S/C14H21FN2O2S/c1-11-10-13(15)3-2-12(11)4-9-17-20(18,19)14-5-7-16-8-6-14/h2-3,10,14,16-17H,4-9H2,1H3. The van der Waals surface area contributed by atoms with Crippen LogP contribution in [0.5, 0.6) is 0 Å². The molecule has 1 fully saturated rings. The summed E-state index contributed by atoms with van der Waals surface area (Å²) in [4.78, 5) is 0. The van der Waals surface area contributed by atoms with Crippen LogP contribution in [0.1, 0.15) is 24.0 Å². The fourth-order valence-corrected chi connectivity index (χ4v) is 3.97. The van der Waals surface area contributed by atoms with E-state index in [2.05, 4.69) is 10.0 Å². The highest BCUT2D eigenvalue weighted by Crippen LogP contribution is 2.13. The Balaban J connectivity index is 1.88. The summed E-state index contributed by atoms with van der Waals surface area (Å²) < 4.78 is 39.9. The maximum absolute atomic E-state index is 13.0. The van der Waals surface area contributed by atoms with Crippen LogP contribution in [0.2, 0.25) is 0 Å². The van der Waals surface area contributed by atoms with Crippen molar-refractivity contribution >= 4 is 10.0 Å². The van der Waals surface area contributed by atoms with E-state index < -0.39 is 10.0 Å². The lowest BCUT2D eigenvalue weighted by molar-refractivity contribution is 0.489. The van der Waals surface area contributed by atoms with Gasteiger partial charge >= 0.3 is 0 Å². The molecule has 0 aliphatic carbocycles. The first kappa shape index (κ1) is 15.4. The Labute approximate surface area is 119 Å². The van der Waals surface area contributed by atoms with Gasteiger partial charge in [0.05, 0.1) is 5.25 Å². The van der Waals surface area contributed by atoms with Crippen molar-refractivity contribution in [2.75, 3.05) is 19.6 Å². The molecule has 0 saturated carbocycles. The number of piperidine rings is 1. The van der Waals surface area contributed by atoms with Crippen LogP contribution in [-0.4, -0.2) is 33.3 Å². The lowest BCUT2D eigenvalue weighted by atomic mass is 10.1. The van der Waals surface area contributed by atoms with E-state index in [1.165, 1.54) is 12.1 Å². The third-order valence-electron chi connectivity index (χ3n) is 3.73. The summed E-state index contributed by atoms with van der Waals surface area (Å²) in [5.41, 5.74) is 1.82. The number of nitrogens with one attached hydrogen (secondary N) is 2. The van der Waals surface area contributed by atoms with E-state index in [1.807, 2.05) is 6.92 Å². The molecule has 1 aliphatic heterocycles. The van der Waals surface area contributed by atoms with Gasteiger partial charge in [-0.25, -0.2) is 17.5 Å². The van der Waals surface area contributed by atoms with Crippen molar-refractivity contribution < 1.29 is 12.8 Å². The maximum atomic E-state index is 13.0. The third-order valence-corrected chi connectivity index (χ3v) is 5.68. The molecule has 1 aliphatic rings. The van der Waals surface area contributed by atoms with Crippen molar-refractivity contribution in [1.29, 1.82) is 0 Å². The minimum absolute atomic E-state index is 0.262. The summed E-state index contributed by atoms with van der Waals surface area (Å²) >= 11 is 0. The van der Waals surface area contributed by atoms with E-state index >= 15 is 0 Å². The molecule has 0 radical (unpaired) electrons.